The quantitative estimate of drug-likeness (QED) is 0.939. The van der Waals surface area contributed by atoms with E-state index in [1.54, 1.807) is 0 Å². The zero-order chi connectivity index (χ0) is 15.7. The van der Waals surface area contributed by atoms with E-state index in [1.807, 2.05) is 18.2 Å². The van der Waals surface area contributed by atoms with E-state index in [1.165, 1.54) is 17.1 Å². The number of hydrogen-bond acceptors (Lipinski definition) is 5. The highest BCUT2D eigenvalue weighted by atomic mass is 32.1. The molecule has 0 saturated heterocycles. The topological polar surface area (TPSA) is 72.1 Å². The van der Waals surface area contributed by atoms with Gasteiger partial charge >= 0.3 is 0 Å². The summed E-state index contributed by atoms with van der Waals surface area (Å²) in [6.07, 6.45) is 0.926. The molecule has 1 amide bonds. The number of nitrogens with zero attached hydrogens (tertiary/aromatic N) is 3. The Morgan fingerprint density at radius 2 is 2.23 bits per heavy atom. The van der Waals surface area contributed by atoms with E-state index < -0.39 is 0 Å². The molecule has 0 radical (unpaired) electrons. The first-order valence-corrected chi connectivity index (χ1v) is 8.27. The SMILES string of the molecule is CC(C)c1nsc(CN2CCc3ccccc3C2C(N)=O)n1. The van der Waals surface area contributed by atoms with Crippen molar-refractivity contribution >= 4 is 17.4 Å². The minimum absolute atomic E-state index is 0.305. The van der Waals surface area contributed by atoms with E-state index in [0.29, 0.717) is 12.5 Å². The zero-order valence-electron chi connectivity index (χ0n) is 12.8. The number of benzene rings is 1. The Morgan fingerprint density at radius 3 is 2.91 bits per heavy atom. The monoisotopic (exact) mass is 316 g/mol. The molecule has 5 nitrogen and oxygen atoms in total. The maximum atomic E-state index is 12.0. The molecule has 0 bridgehead atoms. The van der Waals surface area contributed by atoms with E-state index in [-0.39, 0.29) is 11.9 Å². The zero-order valence-corrected chi connectivity index (χ0v) is 13.6. The molecule has 2 aromatic rings. The van der Waals surface area contributed by atoms with Crippen LogP contribution in [0.4, 0.5) is 0 Å². The summed E-state index contributed by atoms with van der Waals surface area (Å²) in [6, 6.07) is 7.66. The lowest BCUT2D eigenvalue weighted by Gasteiger charge is -2.34. The van der Waals surface area contributed by atoms with Crippen molar-refractivity contribution < 1.29 is 4.79 Å². The third-order valence-electron chi connectivity index (χ3n) is 3.99. The second-order valence-corrected chi connectivity index (χ2v) is 6.76. The molecule has 1 aliphatic heterocycles. The fraction of sp³-hybridized carbons (Fsp3) is 0.438. The van der Waals surface area contributed by atoms with Crippen molar-refractivity contribution in [3.63, 3.8) is 0 Å². The minimum Gasteiger partial charge on any atom is -0.368 e. The maximum absolute atomic E-state index is 12.0. The number of rotatable bonds is 4. The number of primary amides is 1. The first kappa shape index (κ1) is 15.1. The van der Waals surface area contributed by atoms with Gasteiger partial charge in [-0.05, 0) is 29.1 Å². The van der Waals surface area contributed by atoms with Gasteiger partial charge in [0.1, 0.15) is 16.9 Å². The number of carbonyl (C=O) groups excluding carboxylic acids is 1. The number of amides is 1. The van der Waals surface area contributed by atoms with Gasteiger partial charge in [-0.25, -0.2) is 4.98 Å². The van der Waals surface area contributed by atoms with Gasteiger partial charge in [-0.3, -0.25) is 9.69 Å². The minimum atomic E-state index is -0.378. The summed E-state index contributed by atoms with van der Waals surface area (Å²) in [5.74, 6) is 0.882. The van der Waals surface area contributed by atoms with E-state index in [9.17, 15) is 4.79 Å². The van der Waals surface area contributed by atoms with Crippen LogP contribution >= 0.6 is 11.5 Å². The fourth-order valence-corrected chi connectivity index (χ4v) is 3.67. The summed E-state index contributed by atoms with van der Waals surface area (Å²) in [4.78, 5) is 18.7. The van der Waals surface area contributed by atoms with Gasteiger partial charge in [-0.15, -0.1) is 0 Å². The molecule has 1 aromatic carbocycles. The lowest BCUT2D eigenvalue weighted by atomic mass is 9.92. The van der Waals surface area contributed by atoms with Crippen molar-refractivity contribution in [1.82, 2.24) is 14.3 Å². The molecule has 0 fully saturated rings. The molecule has 6 heteroatoms. The summed E-state index contributed by atoms with van der Waals surface area (Å²) in [6.45, 7) is 5.58. The van der Waals surface area contributed by atoms with Crippen LogP contribution in [0, 0.1) is 0 Å². The highest BCUT2D eigenvalue weighted by Crippen LogP contribution is 2.31. The normalized spacial score (nSPS) is 18.4. The van der Waals surface area contributed by atoms with Crippen LogP contribution < -0.4 is 5.73 Å². The van der Waals surface area contributed by atoms with Crippen molar-refractivity contribution in [3.05, 3.63) is 46.2 Å². The largest absolute Gasteiger partial charge is 0.368 e. The van der Waals surface area contributed by atoms with Gasteiger partial charge in [0, 0.05) is 12.5 Å². The summed E-state index contributed by atoms with van der Waals surface area (Å²) >= 11 is 1.41. The third-order valence-corrected chi connectivity index (χ3v) is 4.70. The predicted octanol–water partition coefficient (Wildman–Crippen LogP) is 2.25. The van der Waals surface area contributed by atoms with E-state index >= 15 is 0 Å². The number of carbonyl (C=O) groups is 1. The Labute approximate surface area is 134 Å². The molecule has 2 N–H and O–H groups in total. The van der Waals surface area contributed by atoms with Crippen molar-refractivity contribution in [2.45, 2.75) is 38.8 Å². The molecule has 0 spiro atoms. The van der Waals surface area contributed by atoms with Crippen molar-refractivity contribution in [3.8, 4) is 0 Å². The van der Waals surface area contributed by atoms with Gasteiger partial charge in [0.2, 0.25) is 5.91 Å². The second kappa shape index (κ2) is 6.14. The fourth-order valence-electron chi connectivity index (χ4n) is 2.86. The van der Waals surface area contributed by atoms with Crippen LogP contribution in [0.1, 0.15) is 47.8 Å². The molecule has 1 aliphatic rings. The first-order chi connectivity index (χ1) is 10.6. The predicted molar refractivity (Wildman–Crippen MR) is 86.5 cm³/mol. The van der Waals surface area contributed by atoms with E-state index in [4.69, 9.17) is 5.73 Å². The van der Waals surface area contributed by atoms with Crippen molar-refractivity contribution in [2.75, 3.05) is 6.54 Å². The smallest absolute Gasteiger partial charge is 0.239 e. The molecular weight excluding hydrogens is 296 g/mol. The van der Waals surface area contributed by atoms with Gasteiger partial charge in [0.05, 0.1) is 6.54 Å². The highest BCUT2D eigenvalue weighted by Gasteiger charge is 2.31. The Hall–Kier alpha value is -1.79. The van der Waals surface area contributed by atoms with Crippen LogP contribution in [0.5, 0.6) is 0 Å². The van der Waals surface area contributed by atoms with Crippen LogP contribution in [-0.2, 0) is 17.8 Å². The Balaban J connectivity index is 1.85. The molecule has 2 heterocycles. The summed E-state index contributed by atoms with van der Waals surface area (Å²) < 4.78 is 4.38. The van der Waals surface area contributed by atoms with Crippen molar-refractivity contribution in [2.24, 2.45) is 5.73 Å². The molecular formula is C16H20N4OS. The van der Waals surface area contributed by atoms with E-state index in [0.717, 1.165) is 29.4 Å². The van der Waals surface area contributed by atoms with Crippen molar-refractivity contribution in [1.29, 1.82) is 0 Å². The molecule has 1 aromatic heterocycles. The molecule has 1 atom stereocenters. The average molecular weight is 316 g/mol. The number of aromatic nitrogens is 2. The first-order valence-electron chi connectivity index (χ1n) is 7.50. The lowest BCUT2D eigenvalue weighted by Crippen LogP contribution is -2.42. The maximum Gasteiger partial charge on any atom is 0.239 e. The summed E-state index contributed by atoms with van der Waals surface area (Å²) in [5, 5.41) is 0.939. The molecule has 22 heavy (non-hydrogen) atoms. The summed E-state index contributed by atoms with van der Waals surface area (Å²) in [5.41, 5.74) is 7.90. The van der Waals surface area contributed by atoms with Crippen LogP contribution in [0.25, 0.3) is 0 Å². The van der Waals surface area contributed by atoms with Crippen LogP contribution in [-0.4, -0.2) is 26.7 Å². The van der Waals surface area contributed by atoms with Gasteiger partial charge in [-0.1, -0.05) is 38.1 Å². The lowest BCUT2D eigenvalue weighted by molar-refractivity contribution is -0.124. The number of fused-ring (bicyclic) bond motifs is 1. The van der Waals surface area contributed by atoms with Crippen LogP contribution in [0.2, 0.25) is 0 Å². The standard InChI is InChI=1S/C16H20N4OS/c1-10(2)16-18-13(22-19-16)9-20-8-7-11-5-3-4-6-12(11)14(20)15(17)21/h3-6,10,14H,7-9H2,1-2H3,(H2,17,21). The second-order valence-electron chi connectivity index (χ2n) is 5.93. The van der Waals surface area contributed by atoms with Crippen LogP contribution in [0.15, 0.2) is 24.3 Å². The van der Waals surface area contributed by atoms with E-state index in [2.05, 4.69) is 34.2 Å². The van der Waals surface area contributed by atoms with Gasteiger partial charge < -0.3 is 5.73 Å². The number of hydrogen-bond donors (Lipinski definition) is 1. The van der Waals surface area contributed by atoms with Crippen LogP contribution in [0.3, 0.4) is 0 Å². The van der Waals surface area contributed by atoms with Gasteiger partial charge in [0.25, 0.3) is 0 Å². The molecule has 0 aliphatic carbocycles. The average Bonchev–Trinajstić information content (AvgIpc) is 2.95. The van der Waals surface area contributed by atoms with Gasteiger partial charge in [-0.2, -0.15) is 4.37 Å². The molecule has 116 valence electrons. The number of nitrogens with two attached hydrogens (primary N) is 1. The Bertz CT molecular complexity index is 682. The molecule has 1 unspecified atom stereocenters. The Kier molecular flexibility index (Phi) is 4.22. The highest BCUT2D eigenvalue weighted by molar-refractivity contribution is 7.05. The Morgan fingerprint density at radius 1 is 1.45 bits per heavy atom. The molecule has 0 saturated carbocycles. The third kappa shape index (κ3) is 2.89. The molecule has 3 rings (SSSR count). The van der Waals surface area contributed by atoms with Gasteiger partial charge in [0.15, 0.2) is 0 Å². The summed E-state index contributed by atoms with van der Waals surface area (Å²) in [7, 11) is 0.